The molecule has 1 aromatic rings. The van der Waals surface area contributed by atoms with Crippen LogP contribution in [0.2, 0.25) is 0 Å². The van der Waals surface area contributed by atoms with Gasteiger partial charge in [-0.2, -0.15) is 4.39 Å². The molecule has 6 nitrogen and oxygen atoms in total. The summed E-state index contributed by atoms with van der Waals surface area (Å²) < 4.78 is 38.9. The minimum absolute atomic E-state index is 0.109. The van der Waals surface area contributed by atoms with Crippen molar-refractivity contribution in [1.82, 2.24) is 4.72 Å². The molecule has 1 aromatic carbocycles. The Bertz CT molecular complexity index is 622. The number of nitro benzene ring substituents is 1. The van der Waals surface area contributed by atoms with Gasteiger partial charge in [0.1, 0.15) is 0 Å². The molecule has 0 saturated heterocycles. The van der Waals surface area contributed by atoms with E-state index in [0.29, 0.717) is 18.9 Å². The first-order valence-electron chi connectivity index (χ1n) is 5.25. The summed E-state index contributed by atoms with van der Waals surface area (Å²) in [6.07, 6.45) is 5.87. The summed E-state index contributed by atoms with van der Waals surface area (Å²) in [5, 5.41) is 10.5. The highest BCUT2D eigenvalue weighted by Gasteiger charge is 2.20. The zero-order valence-electron chi connectivity index (χ0n) is 9.80. The number of hydrogen-bond acceptors (Lipinski definition) is 4. The van der Waals surface area contributed by atoms with Crippen LogP contribution in [0.1, 0.15) is 12.8 Å². The number of terminal acetylenes is 1. The van der Waals surface area contributed by atoms with E-state index in [1.807, 2.05) is 0 Å². The predicted octanol–water partition coefficient (Wildman–Crippen LogP) is 1.43. The lowest BCUT2D eigenvalue weighted by Gasteiger charge is -2.05. The Labute approximate surface area is 109 Å². The van der Waals surface area contributed by atoms with Crippen LogP contribution in [0.4, 0.5) is 10.1 Å². The Hall–Kier alpha value is -1.98. The van der Waals surface area contributed by atoms with E-state index >= 15 is 0 Å². The van der Waals surface area contributed by atoms with Crippen LogP contribution in [0.5, 0.6) is 0 Å². The average molecular weight is 286 g/mol. The van der Waals surface area contributed by atoms with Crippen LogP contribution in [0.3, 0.4) is 0 Å². The molecule has 0 aromatic heterocycles. The second-order valence-electron chi connectivity index (χ2n) is 3.58. The van der Waals surface area contributed by atoms with Crippen LogP contribution in [0, 0.1) is 28.3 Å². The fraction of sp³-hybridized carbons (Fsp3) is 0.273. The van der Waals surface area contributed by atoms with E-state index in [1.54, 1.807) is 0 Å². The summed E-state index contributed by atoms with van der Waals surface area (Å²) in [4.78, 5) is 9.19. The van der Waals surface area contributed by atoms with Gasteiger partial charge in [0.05, 0.1) is 9.82 Å². The van der Waals surface area contributed by atoms with Crippen molar-refractivity contribution in [2.75, 3.05) is 6.54 Å². The monoisotopic (exact) mass is 286 g/mol. The van der Waals surface area contributed by atoms with Crippen molar-refractivity contribution in [2.24, 2.45) is 0 Å². The second kappa shape index (κ2) is 6.26. The smallest absolute Gasteiger partial charge is 0.258 e. The number of nitrogens with one attached hydrogen (secondary N) is 1. The minimum atomic E-state index is -3.90. The number of sulfonamides is 1. The van der Waals surface area contributed by atoms with Crippen molar-refractivity contribution in [1.29, 1.82) is 0 Å². The van der Waals surface area contributed by atoms with E-state index < -0.39 is 26.5 Å². The lowest BCUT2D eigenvalue weighted by atomic mass is 10.3. The summed E-state index contributed by atoms with van der Waals surface area (Å²) in [6.45, 7) is 0.109. The normalized spacial score (nSPS) is 10.9. The van der Waals surface area contributed by atoms with Gasteiger partial charge in [0, 0.05) is 19.0 Å². The molecular weight excluding hydrogens is 275 g/mol. The van der Waals surface area contributed by atoms with Gasteiger partial charge in [0.25, 0.3) is 0 Å². The van der Waals surface area contributed by atoms with Gasteiger partial charge in [-0.15, -0.1) is 12.3 Å². The summed E-state index contributed by atoms with van der Waals surface area (Å²) >= 11 is 0. The van der Waals surface area contributed by atoms with Crippen LogP contribution >= 0.6 is 0 Å². The van der Waals surface area contributed by atoms with E-state index in [-0.39, 0.29) is 11.4 Å². The van der Waals surface area contributed by atoms with Crippen LogP contribution in [-0.4, -0.2) is 19.9 Å². The van der Waals surface area contributed by atoms with Crippen LogP contribution in [-0.2, 0) is 10.0 Å². The zero-order valence-corrected chi connectivity index (χ0v) is 10.6. The molecule has 0 fully saturated rings. The number of halogens is 1. The Balaban J connectivity index is 2.93. The van der Waals surface area contributed by atoms with Gasteiger partial charge in [-0.05, 0) is 18.6 Å². The number of unbranched alkanes of at least 4 members (excludes halogenated alkanes) is 1. The van der Waals surface area contributed by atoms with Crippen molar-refractivity contribution in [3.63, 3.8) is 0 Å². The molecule has 0 spiro atoms. The quantitative estimate of drug-likeness (QED) is 0.371. The molecule has 0 atom stereocenters. The maximum atomic E-state index is 13.1. The van der Waals surface area contributed by atoms with E-state index in [2.05, 4.69) is 10.6 Å². The van der Waals surface area contributed by atoms with E-state index in [9.17, 15) is 22.9 Å². The maximum Gasteiger partial charge on any atom is 0.306 e. The van der Waals surface area contributed by atoms with Gasteiger partial charge in [-0.1, -0.05) is 0 Å². The van der Waals surface area contributed by atoms with E-state index in [4.69, 9.17) is 6.42 Å². The molecule has 0 bridgehead atoms. The standard InChI is InChI=1S/C11H11FN2O4S/c1-2-3-4-7-13-19(17,18)9-5-6-10(12)11(8-9)14(15)16/h1,5-6,8,13H,3-4,7H2. The molecule has 0 aliphatic heterocycles. The SMILES string of the molecule is C#CCCCNS(=O)(=O)c1ccc(F)c([N+](=O)[O-])c1. The third kappa shape index (κ3) is 4.01. The molecule has 0 radical (unpaired) electrons. The highest BCUT2D eigenvalue weighted by molar-refractivity contribution is 7.89. The van der Waals surface area contributed by atoms with Gasteiger partial charge in [-0.25, -0.2) is 13.1 Å². The zero-order chi connectivity index (χ0) is 14.5. The molecule has 0 heterocycles. The summed E-state index contributed by atoms with van der Waals surface area (Å²) in [5.41, 5.74) is -0.883. The number of hydrogen-bond donors (Lipinski definition) is 1. The van der Waals surface area contributed by atoms with Gasteiger partial charge in [0.2, 0.25) is 15.8 Å². The molecule has 102 valence electrons. The first kappa shape index (κ1) is 15.1. The Kier molecular flexibility index (Phi) is 4.97. The van der Waals surface area contributed by atoms with Crippen molar-refractivity contribution >= 4 is 15.7 Å². The molecule has 0 amide bonds. The molecule has 0 saturated carbocycles. The molecule has 0 aliphatic rings. The summed E-state index contributed by atoms with van der Waals surface area (Å²) in [7, 11) is -3.90. The fourth-order valence-corrected chi connectivity index (χ4v) is 2.37. The predicted molar refractivity (Wildman–Crippen MR) is 66.3 cm³/mol. The Morgan fingerprint density at radius 2 is 2.16 bits per heavy atom. The first-order chi connectivity index (χ1) is 8.88. The third-order valence-corrected chi connectivity index (χ3v) is 3.67. The van der Waals surface area contributed by atoms with Gasteiger partial charge in [0.15, 0.2) is 0 Å². The van der Waals surface area contributed by atoms with Crippen molar-refractivity contribution in [3.8, 4) is 12.3 Å². The van der Waals surface area contributed by atoms with Crippen molar-refractivity contribution in [3.05, 3.63) is 34.1 Å². The average Bonchev–Trinajstić information content (AvgIpc) is 2.34. The topological polar surface area (TPSA) is 89.3 Å². The number of benzene rings is 1. The first-order valence-corrected chi connectivity index (χ1v) is 6.74. The van der Waals surface area contributed by atoms with Crippen LogP contribution < -0.4 is 4.72 Å². The largest absolute Gasteiger partial charge is 0.306 e. The highest BCUT2D eigenvalue weighted by atomic mass is 32.2. The summed E-state index contributed by atoms with van der Waals surface area (Å²) in [5.74, 6) is 1.26. The van der Waals surface area contributed by atoms with Gasteiger partial charge in [-0.3, -0.25) is 10.1 Å². The maximum absolute atomic E-state index is 13.1. The molecule has 0 unspecified atom stereocenters. The Morgan fingerprint density at radius 3 is 2.74 bits per heavy atom. The summed E-state index contributed by atoms with van der Waals surface area (Å²) in [6, 6.07) is 2.39. The van der Waals surface area contributed by atoms with Crippen molar-refractivity contribution < 1.29 is 17.7 Å². The lowest BCUT2D eigenvalue weighted by Crippen LogP contribution is -2.24. The molecular formula is C11H11FN2O4S. The lowest BCUT2D eigenvalue weighted by molar-refractivity contribution is -0.387. The molecule has 0 aliphatic carbocycles. The van der Waals surface area contributed by atoms with Gasteiger partial charge < -0.3 is 0 Å². The van der Waals surface area contributed by atoms with Crippen LogP contribution in [0.15, 0.2) is 23.1 Å². The number of nitro groups is 1. The Morgan fingerprint density at radius 1 is 1.47 bits per heavy atom. The van der Waals surface area contributed by atoms with Crippen molar-refractivity contribution in [2.45, 2.75) is 17.7 Å². The third-order valence-electron chi connectivity index (χ3n) is 2.21. The molecule has 19 heavy (non-hydrogen) atoms. The molecule has 1 N–H and O–H groups in total. The van der Waals surface area contributed by atoms with Crippen LogP contribution in [0.25, 0.3) is 0 Å². The minimum Gasteiger partial charge on any atom is -0.258 e. The van der Waals surface area contributed by atoms with Gasteiger partial charge >= 0.3 is 5.69 Å². The second-order valence-corrected chi connectivity index (χ2v) is 5.34. The highest BCUT2D eigenvalue weighted by Crippen LogP contribution is 2.21. The van der Waals surface area contributed by atoms with E-state index in [1.165, 1.54) is 0 Å². The number of rotatable bonds is 6. The van der Waals surface area contributed by atoms with E-state index in [0.717, 1.165) is 12.1 Å². The molecule has 1 rings (SSSR count). The fourth-order valence-electron chi connectivity index (χ4n) is 1.28. The number of nitrogens with zero attached hydrogens (tertiary/aromatic N) is 1. The molecule has 8 heteroatoms.